The van der Waals surface area contributed by atoms with E-state index in [0.29, 0.717) is 30.3 Å². The molecule has 2 aliphatic rings. The SMILES string of the molecule is O=C1C(=Cc2cccs2)Oc2c1ccc1c2CN(Cc2cccnc2)CO1. The first kappa shape index (κ1) is 16.2. The van der Waals surface area contributed by atoms with Crippen molar-refractivity contribution in [3.8, 4) is 11.5 Å². The highest BCUT2D eigenvalue weighted by Crippen LogP contribution is 2.42. The topological polar surface area (TPSA) is 51.7 Å². The molecule has 5 rings (SSSR count). The Balaban J connectivity index is 1.44. The van der Waals surface area contributed by atoms with Crippen LogP contribution < -0.4 is 9.47 Å². The van der Waals surface area contributed by atoms with Crippen LogP contribution in [0.25, 0.3) is 6.08 Å². The van der Waals surface area contributed by atoms with Crippen molar-refractivity contribution >= 4 is 23.2 Å². The van der Waals surface area contributed by atoms with Crippen molar-refractivity contribution in [2.75, 3.05) is 6.73 Å². The van der Waals surface area contributed by atoms with Crippen molar-refractivity contribution in [2.24, 2.45) is 0 Å². The van der Waals surface area contributed by atoms with Crippen LogP contribution in [0.5, 0.6) is 11.5 Å². The molecule has 5 nitrogen and oxygen atoms in total. The summed E-state index contributed by atoms with van der Waals surface area (Å²) in [6.07, 6.45) is 5.42. The fraction of sp³-hybridized carbons (Fsp3) is 0.143. The minimum Gasteiger partial charge on any atom is -0.478 e. The smallest absolute Gasteiger partial charge is 0.232 e. The summed E-state index contributed by atoms with van der Waals surface area (Å²) in [4.78, 5) is 20.1. The van der Waals surface area contributed by atoms with Gasteiger partial charge in [0, 0.05) is 36.4 Å². The van der Waals surface area contributed by atoms with Gasteiger partial charge in [0.2, 0.25) is 5.78 Å². The number of fused-ring (bicyclic) bond motifs is 3. The van der Waals surface area contributed by atoms with Gasteiger partial charge in [-0.25, -0.2) is 0 Å². The minimum absolute atomic E-state index is 0.0782. The molecule has 134 valence electrons. The number of nitrogens with zero attached hydrogens (tertiary/aromatic N) is 2. The van der Waals surface area contributed by atoms with Gasteiger partial charge in [-0.1, -0.05) is 12.1 Å². The molecule has 0 spiro atoms. The van der Waals surface area contributed by atoms with E-state index in [1.54, 1.807) is 29.7 Å². The molecule has 4 heterocycles. The predicted octanol–water partition coefficient (Wildman–Crippen LogP) is 4.11. The highest BCUT2D eigenvalue weighted by Gasteiger charge is 2.33. The summed E-state index contributed by atoms with van der Waals surface area (Å²) in [6, 6.07) is 11.5. The number of hydrogen-bond acceptors (Lipinski definition) is 6. The lowest BCUT2D eigenvalue weighted by molar-refractivity contribution is 0.0872. The Kier molecular flexibility index (Phi) is 3.99. The monoisotopic (exact) mass is 376 g/mol. The van der Waals surface area contributed by atoms with E-state index in [0.717, 1.165) is 28.3 Å². The van der Waals surface area contributed by atoms with E-state index in [-0.39, 0.29) is 5.78 Å². The van der Waals surface area contributed by atoms with Crippen LogP contribution in [0.15, 0.2) is 59.9 Å². The number of Topliss-reactive ketones (excluding diaryl/α,β-unsaturated/α-hetero) is 1. The van der Waals surface area contributed by atoms with Gasteiger partial charge in [-0.3, -0.25) is 14.7 Å². The van der Waals surface area contributed by atoms with E-state index in [1.165, 1.54) is 0 Å². The Morgan fingerprint density at radius 3 is 3.00 bits per heavy atom. The van der Waals surface area contributed by atoms with Crippen LogP contribution in [0, 0.1) is 0 Å². The third kappa shape index (κ3) is 3.03. The fourth-order valence-electron chi connectivity index (χ4n) is 3.36. The number of allylic oxidation sites excluding steroid dienone is 1. The Morgan fingerprint density at radius 2 is 2.19 bits per heavy atom. The summed E-state index contributed by atoms with van der Waals surface area (Å²) in [5, 5.41) is 1.98. The third-order valence-electron chi connectivity index (χ3n) is 4.63. The Morgan fingerprint density at radius 1 is 1.22 bits per heavy atom. The number of ketones is 1. The lowest BCUT2D eigenvalue weighted by Crippen LogP contribution is -2.31. The molecule has 6 heteroatoms. The molecule has 27 heavy (non-hydrogen) atoms. The van der Waals surface area contributed by atoms with E-state index in [2.05, 4.69) is 9.88 Å². The van der Waals surface area contributed by atoms with Crippen LogP contribution in [0.1, 0.15) is 26.4 Å². The number of aromatic nitrogens is 1. The van der Waals surface area contributed by atoms with Gasteiger partial charge in [-0.05, 0) is 35.2 Å². The molecule has 0 saturated carbocycles. The number of hydrogen-bond donors (Lipinski definition) is 0. The van der Waals surface area contributed by atoms with Gasteiger partial charge in [-0.2, -0.15) is 0 Å². The van der Waals surface area contributed by atoms with E-state index in [4.69, 9.17) is 9.47 Å². The Hall–Kier alpha value is -2.96. The third-order valence-corrected chi connectivity index (χ3v) is 5.45. The van der Waals surface area contributed by atoms with Gasteiger partial charge in [0.1, 0.15) is 18.2 Å². The molecule has 0 bridgehead atoms. The number of carbonyl (C=O) groups excluding carboxylic acids is 1. The van der Waals surface area contributed by atoms with Gasteiger partial charge < -0.3 is 9.47 Å². The second-order valence-electron chi connectivity index (χ2n) is 6.50. The zero-order valence-electron chi connectivity index (χ0n) is 14.4. The van der Waals surface area contributed by atoms with E-state index >= 15 is 0 Å². The van der Waals surface area contributed by atoms with Crippen molar-refractivity contribution in [1.82, 2.24) is 9.88 Å². The van der Waals surface area contributed by atoms with E-state index < -0.39 is 0 Å². The largest absolute Gasteiger partial charge is 0.478 e. The maximum absolute atomic E-state index is 12.7. The molecule has 0 amide bonds. The average molecular weight is 376 g/mol. The number of ether oxygens (including phenoxy) is 2. The molecular formula is C21H16N2O3S. The molecule has 3 aromatic rings. The highest BCUT2D eigenvalue weighted by molar-refractivity contribution is 7.10. The lowest BCUT2D eigenvalue weighted by atomic mass is 10.0. The first-order valence-corrected chi connectivity index (χ1v) is 9.53. The number of rotatable bonds is 3. The summed E-state index contributed by atoms with van der Waals surface area (Å²) in [6.45, 7) is 1.88. The lowest BCUT2D eigenvalue weighted by Gasteiger charge is -2.29. The summed E-state index contributed by atoms with van der Waals surface area (Å²) in [7, 11) is 0. The van der Waals surface area contributed by atoms with Gasteiger partial charge in [0.25, 0.3) is 0 Å². The molecule has 0 atom stereocenters. The van der Waals surface area contributed by atoms with E-state index in [9.17, 15) is 4.79 Å². The summed E-state index contributed by atoms with van der Waals surface area (Å²) < 4.78 is 11.9. The first-order valence-electron chi connectivity index (χ1n) is 8.65. The van der Waals surface area contributed by atoms with Crippen molar-refractivity contribution in [3.63, 3.8) is 0 Å². The van der Waals surface area contributed by atoms with Crippen LogP contribution in [-0.4, -0.2) is 22.4 Å². The number of carbonyl (C=O) groups is 1. The van der Waals surface area contributed by atoms with Crippen molar-refractivity contribution in [2.45, 2.75) is 13.1 Å². The first-order chi connectivity index (χ1) is 13.3. The predicted molar refractivity (Wildman–Crippen MR) is 103 cm³/mol. The minimum atomic E-state index is -0.0782. The second-order valence-corrected chi connectivity index (χ2v) is 7.48. The Labute approximate surface area is 160 Å². The van der Waals surface area contributed by atoms with Crippen molar-refractivity contribution < 1.29 is 14.3 Å². The average Bonchev–Trinajstić information content (AvgIpc) is 3.32. The van der Waals surface area contributed by atoms with Gasteiger partial charge >= 0.3 is 0 Å². The zero-order chi connectivity index (χ0) is 18.2. The van der Waals surface area contributed by atoms with Crippen LogP contribution >= 0.6 is 11.3 Å². The van der Waals surface area contributed by atoms with Crippen LogP contribution in [0.2, 0.25) is 0 Å². The molecule has 0 N–H and O–H groups in total. The summed E-state index contributed by atoms with van der Waals surface area (Å²) in [5.41, 5.74) is 2.64. The van der Waals surface area contributed by atoms with Crippen molar-refractivity contribution in [3.05, 3.63) is 81.5 Å². The van der Waals surface area contributed by atoms with E-state index in [1.807, 2.05) is 41.9 Å². The quantitative estimate of drug-likeness (QED) is 0.644. The molecular weight excluding hydrogens is 360 g/mol. The highest BCUT2D eigenvalue weighted by atomic mass is 32.1. The molecule has 2 aromatic heterocycles. The molecule has 0 radical (unpaired) electrons. The van der Waals surface area contributed by atoms with Crippen LogP contribution in [0.3, 0.4) is 0 Å². The number of thiophene rings is 1. The molecule has 0 aliphatic carbocycles. The van der Waals surface area contributed by atoms with Gasteiger partial charge in [0.15, 0.2) is 5.76 Å². The van der Waals surface area contributed by atoms with Crippen LogP contribution in [-0.2, 0) is 13.1 Å². The van der Waals surface area contributed by atoms with Crippen molar-refractivity contribution in [1.29, 1.82) is 0 Å². The number of benzene rings is 1. The molecule has 0 fully saturated rings. The maximum Gasteiger partial charge on any atom is 0.232 e. The fourth-order valence-corrected chi connectivity index (χ4v) is 4.00. The maximum atomic E-state index is 12.7. The summed E-state index contributed by atoms with van der Waals surface area (Å²) in [5.74, 6) is 1.69. The number of pyridine rings is 1. The Bertz CT molecular complexity index is 1030. The molecule has 1 aromatic carbocycles. The zero-order valence-corrected chi connectivity index (χ0v) is 15.2. The van der Waals surface area contributed by atoms with Gasteiger partial charge in [0.05, 0.1) is 11.1 Å². The summed E-state index contributed by atoms with van der Waals surface area (Å²) >= 11 is 1.57. The molecule has 0 saturated heterocycles. The molecule has 0 unspecified atom stereocenters. The van der Waals surface area contributed by atoms with Crippen LogP contribution in [0.4, 0.5) is 0 Å². The molecule has 2 aliphatic heterocycles. The normalized spacial score (nSPS) is 17.3. The van der Waals surface area contributed by atoms with Gasteiger partial charge in [-0.15, -0.1) is 11.3 Å². The second kappa shape index (κ2) is 6.64. The standard InChI is InChI=1S/C21H16N2O3S/c24-20-16-5-6-18-17(21(16)26-19(20)9-15-4-2-8-27-15)12-23(13-25-18)11-14-3-1-7-22-10-14/h1-10H,11-13H2.